The second kappa shape index (κ2) is 5.14. The van der Waals surface area contributed by atoms with Crippen molar-refractivity contribution >= 4 is 5.91 Å². The molecular weight excluding hydrogens is 228 g/mol. The van der Waals surface area contributed by atoms with Gasteiger partial charge in [-0.25, -0.2) is 0 Å². The highest BCUT2D eigenvalue weighted by atomic mass is 16.3. The van der Waals surface area contributed by atoms with Crippen molar-refractivity contribution in [3.05, 3.63) is 22.6 Å². The molecule has 1 aliphatic heterocycles. The van der Waals surface area contributed by atoms with Crippen LogP contribution < -0.4 is 5.73 Å². The molecule has 0 unspecified atom stereocenters. The highest BCUT2D eigenvalue weighted by Crippen LogP contribution is 2.28. The van der Waals surface area contributed by atoms with Gasteiger partial charge < -0.3 is 10.2 Å². The van der Waals surface area contributed by atoms with Crippen molar-refractivity contribution in [1.29, 1.82) is 0 Å². The van der Waals surface area contributed by atoms with Gasteiger partial charge in [0, 0.05) is 25.1 Å². The maximum absolute atomic E-state index is 11.5. The summed E-state index contributed by atoms with van der Waals surface area (Å²) < 4.78 is 5.64. The first kappa shape index (κ1) is 13.1. The van der Waals surface area contributed by atoms with Gasteiger partial charge in [-0.15, -0.1) is 0 Å². The lowest BCUT2D eigenvalue weighted by Crippen LogP contribution is -2.32. The zero-order chi connectivity index (χ0) is 13.3. The Morgan fingerprint density at radius 2 is 2.22 bits per heavy atom. The van der Waals surface area contributed by atoms with Crippen molar-refractivity contribution in [2.45, 2.75) is 40.2 Å². The fraction of sp³-hybridized carbons (Fsp3) is 0.643. The normalized spacial score (nSPS) is 16.0. The van der Waals surface area contributed by atoms with E-state index < -0.39 is 0 Å². The summed E-state index contributed by atoms with van der Waals surface area (Å²) in [6.45, 7) is 9.14. The Morgan fingerprint density at radius 3 is 2.83 bits per heavy atom. The zero-order valence-electron chi connectivity index (χ0n) is 11.5. The first-order chi connectivity index (χ1) is 8.49. The number of furan rings is 1. The van der Waals surface area contributed by atoms with E-state index in [1.54, 1.807) is 0 Å². The molecule has 0 bridgehead atoms. The van der Waals surface area contributed by atoms with E-state index in [4.69, 9.17) is 10.2 Å². The van der Waals surface area contributed by atoms with Gasteiger partial charge in [0.1, 0.15) is 11.5 Å². The van der Waals surface area contributed by atoms with E-state index in [0.717, 1.165) is 37.4 Å². The average Bonchev–Trinajstić information content (AvgIpc) is 2.61. The summed E-state index contributed by atoms with van der Waals surface area (Å²) in [6.07, 6.45) is 2.06. The molecule has 0 aromatic carbocycles. The van der Waals surface area contributed by atoms with Gasteiger partial charge in [0.2, 0.25) is 0 Å². The third kappa shape index (κ3) is 2.58. The summed E-state index contributed by atoms with van der Waals surface area (Å²) in [4.78, 5) is 13.9. The maximum atomic E-state index is 11.5. The monoisotopic (exact) mass is 250 g/mol. The minimum atomic E-state index is -0.372. The molecule has 4 nitrogen and oxygen atoms in total. The highest BCUT2D eigenvalue weighted by Gasteiger charge is 2.26. The van der Waals surface area contributed by atoms with E-state index in [2.05, 4.69) is 18.7 Å². The standard InChI is InChI=1S/C14H22N2O2/c1-9(2)4-6-16-7-5-12-11(8-16)13(14(15)17)10(3)18-12/h9H,4-8H2,1-3H3,(H2,15,17). The van der Waals surface area contributed by atoms with Crippen LogP contribution in [0.25, 0.3) is 0 Å². The molecule has 0 atom stereocenters. The third-order valence-corrected chi connectivity index (χ3v) is 3.57. The summed E-state index contributed by atoms with van der Waals surface area (Å²) in [5.74, 6) is 1.94. The van der Waals surface area contributed by atoms with Gasteiger partial charge in [0.25, 0.3) is 5.91 Å². The second-order valence-electron chi connectivity index (χ2n) is 5.51. The van der Waals surface area contributed by atoms with E-state index in [1.165, 1.54) is 6.42 Å². The van der Waals surface area contributed by atoms with Gasteiger partial charge in [-0.2, -0.15) is 0 Å². The molecule has 0 fully saturated rings. The van der Waals surface area contributed by atoms with Crippen LogP contribution in [0.15, 0.2) is 4.42 Å². The van der Waals surface area contributed by atoms with Crippen LogP contribution in [-0.4, -0.2) is 23.9 Å². The minimum absolute atomic E-state index is 0.372. The number of primary amides is 1. The fourth-order valence-corrected chi connectivity index (χ4v) is 2.53. The number of rotatable bonds is 4. The molecule has 0 aliphatic carbocycles. The van der Waals surface area contributed by atoms with Crippen LogP contribution in [0.5, 0.6) is 0 Å². The summed E-state index contributed by atoms with van der Waals surface area (Å²) >= 11 is 0. The third-order valence-electron chi connectivity index (χ3n) is 3.57. The smallest absolute Gasteiger partial charge is 0.252 e. The molecule has 0 spiro atoms. The van der Waals surface area contributed by atoms with Crippen LogP contribution in [-0.2, 0) is 13.0 Å². The molecule has 2 rings (SSSR count). The van der Waals surface area contributed by atoms with Crippen LogP contribution in [0.3, 0.4) is 0 Å². The molecule has 18 heavy (non-hydrogen) atoms. The molecule has 0 radical (unpaired) electrons. The summed E-state index contributed by atoms with van der Waals surface area (Å²) in [6, 6.07) is 0. The van der Waals surface area contributed by atoms with Crippen LogP contribution in [0.2, 0.25) is 0 Å². The number of carbonyl (C=O) groups is 1. The lowest BCUT2D eigenvalue weighted by Gasteiger charge is -2.27. The first-order valence-electron chi connectivity index (χ1n) is 6.62. The zero-order valence-corrected chi connectivity index (χ0v) is 11.5. The molecule has 0 saturated heterocycles. The van der Waals surface area contributed by atoms with Gasteiger partial charge in [0.15, 0.2) is 0 Å². The number of nitrogens with zero attached hydrogens (tertiary/aromatic N) is 1. The Balaban J connectivity index is 2.14. The summed E-state index contributed by atoms with van der Waals surface area (Å²) in [5, 5.41) is 0. The minimum Gasteiger partial charge on any atom is -0.465 e. The molecule has 1 aromatic heterocycles. The Labute approximate surface area is 108 Å². The van der Waals surface area contributed by atoms with Gasteiger partial charge in [-0.05, 0) is 25.8 Å². The number of fused-ring (bicyclic) bond motifs is 1. The van der Waals surface area contributed by atoms with E-state index in [9.17, 15) is 4.79 Å². The van der Waals surface area contributed by atoms with Gasteiger partial charge in [-0.1, -0.05) is 13.8 Å². The van der Waals surface area contributed by atoms with E-state index >= 15 is 0 Å². The van der Waals surface area contributed by atoms with Gasteiger partial charge >= 0.3 is 0 Å². The molecule has 1 amide bonds. The lowest BCUT2D eigenvalue weighted by atomic mass is 10.0. The SMILES string of the molecule is Cc1oc2c(c1C(N)=O)CN(CCC(C)C)CC2. The van der Waals surface area contributed by atoms with Crippen LogP contribution in [0.4, 0.5) is 0 Å². The predicted molar refractivity (Wildman–Crippen MR) is 70.4 cm³/mol. The lowest BCUT2D eigenvalue weighted by molar-refractivity contribution is 0.0997. The summed E-state index contributed by atoms with van der Waals surface area (Å²) in [5.41, 5.74) is 7.04. The number of carbonyl (C=O) groups excluding carboxylic acids is 1. The van der Waals surface area contributed by atoms with Crippen LogP contribution in [0, 0.1) is 12.8 Å². The van der Waals surface area contributed by atoms with Crippen molar-refractivity contribution in [2.75, 3.05) is 13.1 Å². The maximum Gasteiger partial charge on any atom is 0.252 e. The molecule has 4 heteroatoms. The van der Waals surface area contributed by atoms with E-state index in [-0.39, 0.29) is 5.91 Å². The molecule has 0 saturated carbocycles. The van der Waals surface area contributed by atoms with E-state index in [0.29, 0.717) is 17.2 Å². The quantitative estimate of drug-likeness (QED) is 0.890. The number of hydrogen-bond donors (Lipinski definition) is 1. The molecule has 1 aliphatic rings. The van der Waals surface area contributed by atoms with Crippen molar-refractivity contribution in [3.63, 3.8) is 0 Å². The van der Waals surface area contributed by atoms with Crippen molar-refractivity contribution in [1.82, 2.24) is 4.90 Å². The second-order valence-corrected chi connectivity index (χ2v) is 5.51. The number of amides is 1. The fourth-order valence-electron chi connectivity index (χ4n) is 2.53. The summed E-state index contributed by atoms with van der Waals surface area (Å²) in [7, 11) is 0. The highest BCUT2D eigenvalue weighted by molar-refractivity contribution is 5.95. The Hall–Kier alpha value is -1.29. The van der Waals surface area contributed by atoms with Crippen molar-refractivity contribution in [3.8, 4) is 0 Å². The molecule has 2 heterocycles. The van der Waals surface area contributed by atoms with Gasteiger partial charge in [0.05, 0.1) is 5.56 Å². The van der Waals surface area contributed by atoms with Crippen molar-refractivity contribution in [2.24, 2.45) is 11.7 Å². The van der Waals surface area contributed by atoms with E-state index in [1.807, 2.05) is 6.92 Å². The molecule has 1 aromatic rings. The van der Waals surface area contributed by atoms with Crippen LogP contribution >= 0.6 is 0 Å². The first-order valence-corrected chi connectivity index (χ1v) is 6.62. The van der Waals surface area contributed by atoms with Gasteiger partial charge in [-0.3, -0.25) is 9.69 Å². The predicted octanol–water partition coefficient (Wildman–Crippen LogP) is 2.09. The largest absolute Gasteiger partial charge is 0.465 e. The molecule has 100 valence electrons. The Kier molecular flexibility index (Phi) is 3.76. The molecular formula is C14H22N2O2. The molecule has 2 N–H and O–H groups in total. The Morgan fingerprint density at radius 1 is 1.50 bits per heavy atom. The van der Waals surface area contributed by atoms with Crippen LogP contribution in [0.1, 0.15) is 47.7 Å². The number of aryl methyl sites for hydroxylation is 1. The number of hydrogen-bond acceptors (Lipinski definition) is 3. The Bertz CT molecular complexity index is 449. The van der Waals surface area contributed by atoms with Crippen molar-refractivity contribution < 1.29 is 9.21 Å². The number of nitrogens with two attached hydrogens (primary N) is 1. The average molecular weight is 250 g/mol. The topological polar surface area (TPSA) is 59.5 Å².